The summed E-state index contributed by atoms with van der Waals surface area (Å²) in [5.41, 5.74) is 10.6. The number of aromatic nitrogens is 2. The Morgan fingerprint density at radius 3 is 2.41 bits per heavy atom. The van der Waals surface area contributed by atoms with Crippen molar-refractivity contribution in [2.24, 2.45) is 0 Å². The van der Waals surface area contributed by atoms with Gasteiger partial charge < -0.3 is 0 Å². The van der Waals surface area contributed by atoms with Gasteiger partial charge in [0.25, 0.3) is 0 Å². The molecule has 0 saturated heterocycles. The molecule has 0 fully saturated rings. The van der Waals surface area contributed by atoms with Gasteiger partial charge in [0.05, 0.1) is 5.52 Å². The van der Waals surface area contributed by atoms with Gasteiger partial charge >= 0.3 is 0 Å². The van der Waals surface area contributed by atoms with E-state index in [1.165, 1.54) is 55.2 Å². The first kappa shape index (κ1) is 15.0. The largest absolute Gasteiger partial charge is 0.296 e. The van der Waals surface area contributed by atoms with Crippen molar-refractivity contribution in [1.82, 2.24) is 9.38 Å². The Bertz CT molecular complexity index is 1370. The second-order valence-corrected chi connectivity index (χ2v) is 7.75. The van der Waals surface area contributed by atoms with Gasteiger partial charge in [0, 0.05) is 22.7 Å². The molecule has 0 saturated carbocycles. The van der Waals surface area contributed by atoms with Gasteiger partial charge in [-0.15, -0.1) is 0 Å². The van der Waals surface area contributed by atoms with Gasteiger partial charge in [0.2, 0.25) is 0 Å². The minimum Gasteiger partial charge on any atom is -0.296 e. The number of hydrogen-bond acceptors (Lipinski definition) is 1. The molecular weight excluding hydrogens is 328 g/mol. The van der Waals surface area contributed by atoms with Gasteiger partial charge in [-0.2, -0.15) is 0 Å². The molecule has 0 radical (unpaired) electrons. The summed E-state index contributed by atoms with van der Waals surface area (Å²) >= 11 is 0. The van der Waals surface area contributed by atoms with Crippen LogP contribution in [0.4, 0.5) is 0 Å². The van der Waals surface area contributed by atoms with Crippen LogP contribution in [0.15, 0.2) is 60.8 Å². The van der Waals surface area contributed by atoms with Crippen molar-refractivity contribution in [3.05, 3.63) is 83.2 Å². The number of fused-ring (bicyclic) bond motifs is 3. The van der Waals surface area contributed by atoms with E-state index in [4.69, 9.17) is 4.98 Å². The molecule has 1 aliphatic rings. The zero-order valence-corrected chi connectivity index (χ0v) is 15.6. The van der Waals surface area contributed by atoms with Crippen LogP contribution in [0, 0.1) is 13.8 Å². The minimum atomic E-state index is 1.05. The number of pyridine rings is 1. The average molecular weight is 348 g/mol. The molecule has 0 unspecified atom stereocenters. The van der Waals surface area contributed by atoms with Gasteiger partial charge in [0.1, 0.15) is 5.65 Å². The lowest BCUT2D eigenvalue weighted by molar-refractivity contribution is 0.877. The molecule has 27 heavy (non-hydrogen) atoms. The van der Waals surface area contributed by atoms with Gasteiger partial charge in [-0.1, -0.05) is 42.5 Å². The molecule has 3 aromatic carbocycles. The van der Waals surface area contributed by atoms with Crippen LogP contribution in [0.1, 0.15) is 22.4 Å². The second-order valence-electron chi connectivity index (χ2n) is 7.75. The van der Waals surface area contributed by atoms with Crippen molar-refractivity contribution in [3.63, 3.8) is 0 Å². The van der Waals surface area contributed by atoms with Gasteiger partial charge in [-0.25, -0.2) is 4.98 Å². The Labute approximate surface area is 158 Å². The van der Waals surface area contributed by atoms with Crippen molar-refractivity contribution in [3.8, 4) is 11.1 Å². The maximum Gasteiger partial charge on any atom is 0.145 e. The first-order valence-corrected chi connectivity index (χ1v) is 9.62. The first-order chi connectivity index (χ1) is 13.2. The highest BCUT2D eigenvalue weighted by Gasteiger charge is 2.21. The van der Waals surface area contributed by atoms with Crippen molar-refractivity contribution in [2.75, 3.05) is 0 Å². The molecule has 1 aliphatic heterocycles. The third kappa shape index (κ3) is 1.93. The molecule has 0 aliphatic carbocycles. The molecule has 0 amide bonds. The first-order valence-electron chi connectivity index (χ1n) is 9.62. The highest BCUT2D eigenvalue weighted by molar-refractivity contribution is 6.13. The monoisotopic (exact) mass is 348 g/mol. The van der Waals surface area contributed by atoms with E-state index in [9.17, 15) is 0 Å². The van der Waals surface area contributed by atoms with Crippen LogP contribution in [0.2, 0.25) is 0 Å². The molecule has 2 heteroatoms. The summed E-state index contributed by atoms with van der Waals surface area (Å²) < 4.78 is 2.39. The topological polar surface area (TPSA) is 17.3 Å². The molecule has 6 rings (SSSR count). The minimum absolute atomic E-state index is 1.05. The standard InChI is InChI=1S/C25H20N2/c1-15-6-5-7-16(2)23(15)18-12-17-10-11-19-14-26-25-21-9-4-3-8-20(21)22(13-18)24(17)27(19)25/h3-9,12-14H,10-11H2,1-2H3. The third-order valence-electron chi connectivity index (χ3n) is 6.13. The second kappa shape index (κ2) is 5.20. The predicted octanol–water partition coefficient (Wildman–Crippen LogP) is 6.02. The summed E-state index contributed by atoms with van der Waals surface area (Å²) in [6.07, 6.45) is 4.19. The Hall–Kier alpha value is -3.13. The zero-order valence-electron chi connectivity index (χ0n) is 15.6. The normalized spacial score (nSPS) is 13.3. The summed E-state index contributed by atoms with van der Waals surface area (Å²) in [4.78, 5) is 4.77. The van der Waals surface area contributed by atoms with E-state index in [0.717, 1.165) is 18.5 Å². The number of rotatable bonds is 1. The van der Waals surface area contributed by atoms with Crippen LogP contribution in [-0.4, -0.2) is 9.38 Å². The highest BCUT2D eigenvalue weighted by Crippen LogP contribution is 2.39. The average Bonchev–Trinajstić information content (AvgIpc) is 3.12. The highest BCUT2D eigenvalue weighted by atomic mass is 15.0. The fourth-order valence-electron chi connectivity index (χ4n) is 4.95. The van der Waals surface area contributed by atoms with Crippen LogP contribution < -0.4 is 0 Å². The number of aryl methyl sites for hydroxylation is 4. The molecule has 5 aromatic rings. The van der Waals surface area contributed by atoms with Gasteiger partial charge in [-0.3, -0.25) is 4.40 Å². The molecule has 0 spiro atoms. The Kier molecular flexibility index (Phi) is 2.88. The fourth-order valence-corrected chi connectivity index (χ4v) is 4.95. The Morgan fingerprint density at radius 2 is 1.59 bits per heavy atom. The maximum absolute atomic E-state index is 4.77. The van der Waals surface area contributed by atoms with E-state index in [2.05, 4.69) is 79.0 Å². The lowest BCUT2D eigenvalue weighted by Crippen LogP contribution is -2.07. The quantitative estimate of drug-likeness (QED) is 0.338. The summed E-state index contributed by atoms with van der Waals surface area (Å²) in [5.74, 6) is 0. The predicted molar refractivity (Wildman–Crippen MR) is 113 cm³/mol. The molecule has 2 nitrogen and oxygen atoms in total. The van der Waals surface area contributed by atoms with Crippen LogP contribution >= 0.6 is 0 Å². The molecule has 0 atom stereocenters. The van der Waals surface area contributed by atoms with Crippen LogP contribution in [-0.2, 0) is 12.8 Å². The maximum atomic E-state index is 4.77. The lowest BCUT2D eigenvalue weighted by atomic mass is 9.89. The van der Waals surface area contributed by atoms with Gasteiger partial charge in [0.15, 0.2) is 0 Å². The number of benzene rings is 3. The number of nitrogens with zero attached hydrogens (tertiary/aromatic N) is 2. The summed E-state index contributed by atoms with van der Waals surface area (Å²) in [6.45, 7) is 4.43. The van der Waals surface area contributed by atoms with E-state index >= 15 is 0 Å². The Balaban J connectivity index is 1.85. The molecule has 2 aromatic heterocycles. The smallest absolute Gasteiger partial charge is 0.145 e. The van der Waals surface area contributed by atoms with Crippen molar-refractivity contribution < 1.29 is 0 Å². The molecule has 130 valence electrons. The van der Waals surface area contributed by atoms with Crippen LogP contribution in [0.3, 0.4) is 0 Å². The Morgan fingerprint density at radius 1 is 0.815 bits per heavy atom. The molecular formula is C25H20N2. The molecule has 0 N–H and O–H groups in total. The van der Waals surface area contributed by atoms with Crippen LogP contribution in [0.25, 0.3) is 38.4 Å². The van der Waals surface area contributed by atoms with E-state index in [0.29, 0.717) is 0 Å². The SMILES string of the molecule is Cc1cccc(C)c1-c1cc2c3c(c1)c1ccccc1c1ncc(n13)CC2. The zero-order chi connectivity index (χ0) is 18.1. The van der Waals surface area contributed by atoms with Crippen molar-refractivity contribution in [2.45, 2.75) is 26.7 Å². The summed E-state index contributed by atoms with van der Waals surface area (Å²) in [7, 11) is 0. The summed E-state index contributed by atoms with van der Waals surface area (Å²) in [6, 6.07) is 20.1. The number of hydrogen-bond donors (Lipinski definition) is 0. The summed E-state index contributed by atoms with van der Waals surface area (Å²) in [5, 5.41) is 3.88. The van der Waals surface area contributed by atoms with E-state index < -0.39 is 0 Å². The van der Waals surface area contributed by atoms with E-state index in [1.807, 2.05) is 0 Å². The third-order valence-corrected chi connectivity index (χ3v) is 6.13. The van der Waals surface area contributed by atoms with E-state index in [1.54, 1.807) is 0 Å². The molecule has 3 heterocycles. The van der Waals surface area contributed by atoms with Crippen LogP contribution in [0.5, 0.6) is 0 Å². The lowest BCUT2D eigenvalue weighted by Gasteiger charge is -2.21. The number of imidazole rings is 1. The van der Waals surface area contributed by atoms with Crippen molar-refractivity contribution >= 4 is 27.3 Å². The van der Waals surface area contributed by atoms with E-state index in [-0.39, 0.29) is 0 Å². The fraction of sp³-hybridized carbons (Fsp3) is 0.160. The van der Waals surface area contributed by atoms with Gasteiger partial charge in [-0.05, 0) is 72.0 Å². The molecule has 0 bridgehead atoms. The van der Waals surface area contributed by atoms with Crippen molar-refractivity contribution in [1.29, 1.82) is 0 Å².